The molecule has 16 heavy (non-hydrogen) atoms. The molecule has 2 nitrogen and oxygen atoms in total. The van der Waals surface area contributed by atoms with Gasteiger partial charge in [-0.1, -0.05) is 18.5 Å². The molecule has 1 aromatic rings. The molecule has 0 fully saturated rings. The maximum atomic E-state index is 6.35. The van der Waals surface area contributed by atoms with Crippen LogP contribution in [-0.4, -0.2) is 6.61 Å². The molecule has 2 atom stereocenters. The van der Waals surface area contributed by atoms with Crippen molar-refractivity contribution in [2.75, 3.05) is 6.61 Å². The first-order valence-corrected chi connectivity index (χ1v) is 6.30. The Bertz CT molecular complexity index is 444. The molecule has 86 valence electrons. The van der Waals surface area contributed by atoms with Gasteiger partial charge in [-0.3, -0.25) is 0 Å². The Hall–Kier alpha value is -0.730. The van der Waals surface area contributed by atoms with Crippen LogP contribution in [0.25, 0.3) is 0 Å². The number of halogens is 1. The van der Waals surface area contributed by atoms with Gasteiger partial charge in [0, 0.05) is 23.0 Å². The summed E-state index contributed by atoms with van der Waals surface area (Å²) in [5.41, 5.74) is 9.82. The van der Waals surface area contributed by atoms with Crippen LogP contribution in [0.2, 0.25) is 5.02 Å². The minimum Gasteiger partial charge on any atom is -0.493 e. The summed E-state index contributed by atoms with van der Waals surface area (Å²) < 4.78 is 5.76. The zero-order valence-electron chi connectivity index (χ0n) is 9.42. The van der Waals surface area contributed by atoms with E-state index >= 15 is 0 Å². The van der Waals surface area contributed by atoms with Gasteiger partial charge in [-0.2, -0.15) is 0 Å². The van der Waals surface area contributed by atoms with Crippen LogP contribution in [0.15, 0.2) is 6.07 Å². The van der Waals surface area contributed by atoms with E-state index in [0.717, 1.165) is 42.2 Å². The number of rotatable bonds is 0. The molecule has 2 unspecified atom stereocenters. The summed E-state index contributed by atoms with van der Waals surface area (Å²) in [6, 6.07) is 2.12. The lowest BCUT2D eigenvalue weighted by Gasteiger charge is -2.29. The molecule has 0 bridgehead atoms. The van der Waals surface area contributed by atoms with E-state index in [1.165, 1.54) is 11.1 Å². The lowest BCUT2D eigenvalue weighted by atomic mass is 9.80. The van der Waals surface area contributed by atoms with Gasteiger partial charge in [0.15, 0.2) is 0 Å². The Morgan fingerprint density at radius 1 is 1.38 bits per heavy atom. The Balaban J connectivity index is 2.27. The highest BCUT2D eigenvalue weighted by Crippen LogP contribution is 2.47. The van der Waals surface area contributed by atoms with Crippen molar-refractivity contribution in [3.05, 3.63) is 27.8 Å². The summed E-state index contributed by atoms with van der Waals surface area (Å²) in [6.07, 6.45) is 3.13. The first-order chi connectivity index (χ1) is 7.68. The minimum absolute atomic E-state index is 0.0770. The van der Waals surface area contributed by atoms with Crippen molar-refractivity contribution in [1.29, 1.82) is 0 Å². The van der Waals surface area contributed by atoms with Gasteiger partial charge in [0.2, 0.25) is 0 Å². The van der Waals surface area contributed by atoms with Gasteiger partial charge in [0.05, 0.1) is 6.61 Å². The molecule has 0 saturated carbocycles. The number of fused-ring (bicyclic) bond motifs is 3. The van der Waals surface area contributed by atoms with Gasteiger partial charge in [-0.15, -0.1) is 0 Å². The Kier molecular flexibility index (Phi) is 2.37. The van der Waals surface area contributed by atoms with Crippen LogP contribution >= 0.6 is 11.6 Å². The average molecular weight is 238 g/mol. The fourth-order valence-electron chi connectivity index (χ4n) is 2.92. The van der Waals surface area contributed by atoms with Gasteiger partial charge in [0.1, 0.15) is 5.75 Å². The zero-order valence-corrected chi connectivity index (χ0v) is 10.2. The molecule has 3 heteroatoms. The van der Waals surface area contributed by atoms with E-state index in [1.54, 1.807) is 0 Å². The van der Waals surface area contributed by atoms with Crippen LogP contribution in [-0.2, 0) is 6.42 Å². The monoisotopic (exact) mass is 237 g/mol. The molecule has 0 saturated heterocycles. The average Bonchev–Trinajstić information content (AvgIpc) is 2.70. The summed E-state index contributed by atoms with van der Waals surface area (Å²) in [7, 11) is 0. The molecule has 0 aromatic heterocycles. The molecule has 1 aliphatic heterocycles. The van der Waals surface area contributed by atoms with Crippen molar-refractivity contribution in [3.63, 3.8) is 0 Å². The van der Waals surface area contributed by atoms with Crippen LogP contribution in [0.4, 0.5) is 0 Å². The lowest BCUT2D eigenvalue weighted by Crippen LogP contribution is -2.20. The maximum Gasteiger partial charge on any atom is 0.126 e. The maximum absolute atomic E-state index is 6.35. The molecule has 0 spiro atoms. The van der Waals surface area contributed by atoms with Crippen LogP contribution in [0.1, 0.15) is 48.4 Å². The summed E-state index contributed by atoms with van der Waals surface area (Å²) in [6.45, 7) is 3.02. The second-order valence-electron chi connectivity index (χ2n) is 4.86. The number of ether oxygens (including phenoxy) is 1. The van der Waals surface area contributed by atoms with Crippen LogP contribution in [0.3, 0.4) is 0 Å². The number of benzene rings is 1. The fourth-order valence-corrected chi connectivity index (χ4v) is 3.30. The minimum atomic E-state index is 0.0770. The van der Waals surface area contributed by atoms with E-state index in [2.05, 4.69) is 6.92 Å². The third-order valence-corrected chi connectivity index (χ3v) is 4.09. The van der Waals surface area contributed by atoms with E-state index in [0.29, 0.717) is 5.92 Å². The standard InChI is InChI=1S/C13H16ClNO/c1-7-2-3-10(15)12-9(14)6-8-4-5-16-13(8)11(7)12/h6-7,10H,2-5,15H2,1H3. The van der Waals surface area contributed by atoms with Crippen molar-refractivity contribution in [2.24, 2.45) is 5.73 Å². The molecule has 0 radical (unpaired) electrons. The van der Waals surface area contributed by atoms with Gasteiger partial charge in [-0.25, -0.2) is 0 Å². The van der Waals surface area contributed by atoms with Gasteiger partial charge >= 0.3 is 0 Å². The predicted molar refractivity (Wildman–Crippen MR) is 65.2 cm³/mol. The van der Waals surface area contributed by atoms with Crippen LogP contribution in [0.5, 0.6) is 5.75 Å². The van der Waals surface area contributed by atoms with E-state index in [-0.39, 0.29) is 6.04 Å². The molecule has 1 aromatic carbocycles. The van der Waals surface area contributed by atoms with Crippen LogP contribution < -0.4 is 10.5 Å². The van der Waals surface area contributed by atoms with Crippen molar-refractivity contribution in [3.8, 4) is 5.75 Å². The SMILES string of the molecule is CC1CCC(N)c2c(Cl)cc3c(c21)OCC3. The quantitative estimate of drug-likeness (QED) is 0.752. The highest BCUT2D eigenvalue weighted by Gasteiger charge is 2.31. The molecule has 1 aliphatic carbocycles. The third-order valence-electron chi connectivity index (χ3n) is 3.78. The highest BCUT2D eigenvalue weighted by molar-refractivity contribution is 6.31. The molecular weight excluding hydrogens is 222 g/mol. The van der Waals surface area contributed by atoms with Gasteiger partial charge in [-0.05, 0) is 36.0 Å². The zero-order chi connectivity index (χ0) is 11.3. The largest absolute Gasteiger partial charge is 0.493 e. The summed E-state index contributed by atoms with van der Waals surface area (Å²) in [5.74, 6) is 1.59. The topological polar surface area (TPSA) is 35.2 Å². The number of nitrogens with two attached hydrogens (primary N) is 1. The molecule has 0 amide bonds. The number of hydrogen-bond donors (Lipinski definition) is 1. The Labute approximate surface area is 101 Å². The molecule has 1 heterocycles. The Morgan fingerprint density at radius 2 is 2.19 bits per heavy atom. The Morgan fingerprint density at radius 3 is 3.00 bits per heavy atom. The third kappa shape index (κ3) is 1.36. The smallest absolute Gasteiger partial charge is 0.126 e. The second-order valence-corrected chi connectivity index (χ2v) is 5.26. The number of hydrogen-bond acceptors (Lipinski definition) is 2. The van der Waals surface area contributed by atoms with Gasteiger partial charge < -0.3 is 10.5 Å². The van der Waals surface area contributed by atoms with E-state index in [9.17, 15) is 0 Å². The second kappa shape index (κ2) is 3.64. The molecule has 2 N–H and O–H groups in total. The van der Waals surface area contributed by atoms with E-state index in [1.807, 2.05) is 6.07 Å². The van der Waals surface area contributed by atoms with Crippen molar-refractivity contribution in [2.45, 2.75) is 38.1 Å². The normalized spacial score (nSPS) is 27.2. The van der Waals surface area contributed by atoms with Crippen molar-refractivity contribution in [1.82, 2.24) is 0 Å². The van der Waals surface area contributed by atoms with E-state index < -0.39 is 0 Å². The van der Waals surface area contributed by atoms with Crippen molar-refractivity contribution < 1.29 is 4.74 Å². The fraction of sp³-hybridized carbons (Fsp3) is 0.538. The summed E-state index contributed by atoms with van der Waals surface area (Å²) in [4.78, 5) is 0. The molecule has 3 rings (SSSR count). The molecule has 2 aliphatic rings. The lowest BCUT2D eigenvalue weighted by molar-refractivity contribution is 0.346. The van der Waals surface area contributed by atoms with Crippen molar-refractivity contribution >= 4 is 11.6 Å². The van der Waals surface area contributed by atoms with Crippen LogP contribution in [0, 0.1) is 0 Å². The summed E-state index contributed by atoms with van der Waals surface area (Å²) in [5, 5.41) is 0.832. The first-order valence-electron chi connectivity index (χ1n) is 5.92. The predicted octanol–water partition coefficient (Wildman–Crippen LogP) is 3.17. The first kappa shape index (κ1) is 10.4. The van der Waals surface area contributed by atoms with E-state index in [4.69, 9.17) is 22.1 Å². The molecular formula is C13H16ClNO. The van der Waals surface area contributed by atoms with Gasteiger partial charge in [0.25, 0.3) is 0 Å². The summed E-state index contributed by atoms with van der Waals surface area (Å²) >= 11 is 6.35. The highest BCUT2D eigenvalue weighted by atomic mass is 35.5.